The normalized spacial score (nSPS) is 10.8. The van der Waals surface area contributed by atoms with Gasteiger partial charge in [-0.3, -0.25) is 0 Å². The van der Waals surface area contributed by atoms with Crippen molar-refractivity contribution in [1.82, 2.24) is 4.98 Å². The van der Waals surface area contributed by atoms with Crippen LogP contribution in [0, 0.1) is 13.8 Å². The van der Waals surface area contributed by atoms with Crippen molar-refractivity contribution in [2.24, 2.45) is 0 Å². The van der Waals surface area contributed by atoms with Gasteiger partial charge in [-0.15, -0.1) is 0 Å². The first-order valence-corrected chi connectivity index (χ1v) is 7.25. The molecule has 21 heavy (non-hydrogen) atoms. The summed E-state index contributed by atoms with van der Waals surface area (Å²) in [4.78, 5) is 16.8. The van der Waals surface area contributed by atoms with Crippen LogP contribution in [0.25, 0.3) is 10.8 Å². The molecule has 3 aromatic rings. The first-order chi connectivity index (χ1) is 10.1. The van der Waals surface area contributed by atoms with Crippen LogP contribution in [-0.2, 0) is 0 Å². The number of hydrogen-bond donors (Lipinski definition) is 1. The number of thiazole rings is 1. The minimum atomic E-state index is -1.01. The molecule has 0 aliphatic carbocycles. The predicted octanol–water partition coefficient (Wildman–Crippen LogP) is 4.40. The van der Waals surface area contributed by atoms with E-state index in [-0.39, 0.29) is 5.56 Å². The number of carboxylic acids is 1. The second-order valence-electron chi connectivity index (χ2n) is 4.69. The number of benzene rings is 2. The largest absolute Gasteiger partial charge is 0.478 e. The molecule has 0 amide bonds. The molecule has 0 aliphatic rings. The quantitative estimate of drug-likeness (QED) is 0.778. The zero-order valence-electron chi connectivity index (χ0n) is 11.6. The van der Waals surface area contributed by atoms with Gasteiger partial charge in [-0.1, -0.05) is 41.7 Å². The first kappa shape index (κ1) is 13.6. The van der Waals surface area contributed by atoms with Crippen LogP contribution in [0.1, 0.15) is 20.9 Å². The Labute approximate surface area is 125 Å². The molecule has 0 saturated heterocycles. The lowest BCUT2D eigenvalue weighted by molar-refractivity contribution is 0.0694. The van der Waals surface area contributed by atoms with Crippen LogP contribution < -0.4 is 4.74 Å². The summed E-state index contributed by atoms with van der Waals surface area (Å²) in [6.45, 7) is 3.86. The molecule has 2 aromatic carbocycles. The van der Waals surface area contributed by atoms with Gasteiger partial charge >= 0.3 is 5.97 Å². The van der Waals surface area contributed by atoms with E-state index >= 15 is 0 Å². The minimum Gasteiger partial charge on any atom is -0.478 e. The molecule has 0 aliphatic heterocycles. The third-order valence-corrected chi connectivity index (χ3v) is 4.26. The summed E-state index contributed by atoms with van der Waals surface area (Å²) in [5, 5.41) is 11.5. The van der Waals surface area contributed by atoms with Crippen molar-refractivity contribution in [3.63, 3.8) is 0 Å². The Balaban J connectivity index is 2.18. The van der Waals surface area contributed by atoms with Crippen molar-refractivity contribution in [1.29, 1.82) is 0 Å². The zero-order valence-corrected chi connectivity index (χ0v) is 12.4. The highest BCUT2D eigenvalue weighted by molar-refractivity contribution is 7.13. The molecule has 1 N–H and O–H groups in total. The van der Waals surface area contributed by atoms with Gasteiger partial charge in [0.25, 0.3) is 5.19 Å². The summed E-state index contributed by atoms with van der Waals surface area (Å²) < 4.78 is 5.81. The fraction of sp³-hybridized carbons (Fsp3) is 0.125. The lowest BCUT2D eigenvalue weighted by Gasteiger charge is -2.09. The number of ether oxygens (including phenoxy) is 1. The van der Waals surface area contributed by atoms with Gasteiger partial charge in [0.05, 0.1) is 5.69 Å². The number of nitrogens with zero attached hydrogens (tertiary/aromatic N) is 1. The highest BCUT2D eigenvalue weighted by atomic mass is 32.1. The summed E-state index contributed by atoms with van der Waals surface area (Å²) in [7, 11) is 0. The summed E-state index contributed by atoms with van der Waals surface area (Å²) in [5.74, 6) is -0.671. The summed E-state index contributed by atoms with van der Waals surface area (Å²) in [5.41, 5.74) is 1.03. The maximum atomic E-state index is 11.4. The van der Waals surface area contributed by atoms with Gasteiger partial charge in [0.15, 0.2) is 5.75 Å². The van der Waals surface area contributed by atoms with Crippen molar-refractivity contribution < 1.29 is 14.6 Å². The van der Waals surface area contributed by atoms with E-state index in [9.17, 15) is 9.90 Å². The van der Waals surface area contributed by atoms with Gasteiger partial charge < -0.3 is 9.84 Å². The van der Waals surface area contributed by atoms with Gasteiger partial charge in [-0.25, -0.2) is 9.78 Å². The van der Waals surface area contributed by atoms with Crippen molar-refractivity contribution in [3.05, 3.63) is 52.5 Å². The number of carbonyl (C=O) groups is 1. The standard InChI is InChI=1S/C16H13NO3S/c1-9-10(2)21-16(17-9)20-14-12-6-4-3-5-11(12)7-8-13(14)15(18)19/h3-8H,1-2H3,(H,18,19). The van der Waals surface area contributed by atoms with E-state index in [4.69, 9.17) is 4.74 Å². The second kappa shape index (κ2) is 5.18. The van der Waals surface area contributed by atoms with Gasteiger partial charge in [0.2, 0.25) is 0 Å². The maximum Gasteiger partial charge on any atom is 0.339 e. The second-order valence-corrected chi connectivity index (χ2v) is 5.86. The monoisotopic (exact) mass is 299 g/mol. The Kier molecular flexibility index (Phi) is 3.35. The number of fused-ring (bicyclic) bond motifs is 1. The number of aromatic carboxylic acids is 1. The third kappa shape index (κ3) is 2.48. The van der Waals surface area contributed by atoms with E-state index in [2.05, 4.69) is 4.98 Å². The topological polar surface area (TPSA) is 59.4 Å². The minimum absolute atomic E-state index is 0.138. The number of aromatic nitrogens is 1. The molecule has 0 radical (unpaired) electrons. The van der Waals surface area contributed by atoms with Gasteiger partial charge in [-0.05, 0) is 25.3 Å². The van der Waals surface area contributed by atoms with E-state index in [0.29, 0.717) is 10.9 Å². The summed E-state index contributed by atoms with van der Waals surface area (Å²) in [6.07, 6.45) is 0. The number of aryl methyl sites for hydroxylation is 2. The van der Waals surface area contributed by atoms with Gasteiger partial charge in [0.1, 0.15) is 5.56 Å². The van der Waals surface area contributed by atoms with E-state index in [1.807, 2.05) is 38.1 Å². The summed E-state index contributed by atoms with van der Waals surface area (Å²) >= 11 is 1.41. The fourth-order valence-electron chi connectivity index (χ4n) is 2.10. The molecule has 5 heteroatoms. The molecule has 0 fully saturated rings. The van der Waals surface area contributed by atoms with Crippen molar-refractivity contribution in [2.75, 3.05) is 0 Å². The lowest BCUT2D eigenvalue weighted by Crippen LogP contribution is -2.00. The van der Waals surface area contributed by atoms with Crippen molar-refractivity contribution in [3.8, 4) is 10.9 Å². The van der Waals surface area contributed by atoms with E-state index in [1.165, 1.54) is 11.3 Å². The van der Waals surface area contributed by atoms with Gasteiger partial charge in [-0.2, -0.15) is 0 Å². The average molecular weight is 299 g/mol. The average Bonchev–Trinajstić information content (AvgIpc) is 2.77. The Hall–Kier alpha value is -2.40. The Bertz CT molecular complexity index is 819. The van der Waals surface area contributed by atoms with E-state index < -0.39 is 5.97 Å². The van der Waals surface area contributed by atoms with E-state index in [1.54, 1.807) is 12.1 Å². The molecular weight excluding hydrogens is 286 g/mol. The van der Waals surface area contributed by atoms with Crippen LogP contribution >= 0.6 is 11.3 Å². The maximum absolute atomic E-state index is 11.4. The smallest absolute Gasteiger partial charge is 0.339 e. The Morgan fingerprint density at radius 2 is 1.95 bits per heavy atom. The van der Waals surface area contributed by atoms with E-state index in [0.717, 1.165) is 21.3 Å². The molecular formula is C16H13NO3S. The molecule has 0 saturated carbocycles. The Morgan fingerprint density at radius 1 is 1.19 bits per heavy atom. The predicted molar refractivity (Wildman–Crippen MR) is 82.6 cm³/mol. The zero-order chi connectivity index (χ0) is 15.0. The molecule has 1 heterocycles. The lowest BCUT2D eigenvalue weighted by atomic mass is 10.1. The molecule has 0 atom stereocenters. The van der Waals surface area contributed by atoms with Crippen LogP contribution in [0.5, 0.6) is 10.9 Å². The van der Waals surface area contributed by atoms with Crippen molar-refractivity contribution >= 4 is 28.1 Å². The third-order valence-electron chi connectivity index (χ3n) is 3.31. The van der Waals surface area contributed by atoms with Crippen LogP contribution in [0.4, 0.5) is 0 Å². The highest BCUT2D eigenvalue weighted by Crippen LogP contribution is 2.36. The first-order valence-electron chi connectivity index (χ1n) is 6.43. The number of carboxylic acid groups (broad SMARTS) is 1. The van der Waals surface area contributed by atoms with Crippen molar-refractivity contribution in [2.45, 2.75) is 13.8 Å². The number of hydrogen-bond acceptors (Lipinski definition) is 4. The fourth-order valence-corrected chi connectivity index (χ4v) is 2.86. The van der Waals surface area contributed by atoms with Crippen LogP contribution in [0.2, 0.25) is 0 Å². The SMILES string of the molecule is Cc1nc(Oc2c(C(=O)O)ccc3ccccc23)sc1C. The Morgan fingerprint density at radius 3 is 2.62 bits per heavy atom. The van der Waals surface area contributed by atoms with Crippen LogP contribution in [0.3, 0.4) is 0 Å². The van der Waals surface area contributed by atoms with Crippen LogP contribution in [0.15, 0.2) is 36.4 Å². The molecule has 0 unspecified atom stereocenters. The summed E-state index contributed by atoms with van der Waals surface area (Å²) in [6, 6.07) is 10.9. The molecule has 1 aromatic heterocycles. The molecule has 0 bridgehead atoms. The number of rotatable bonds is 3. The molecule has 106 valence electrons. The molecule has 3 rings (SSSR count). The molecule has 0 spiro atoms. The van der Waals surface area contributed by atoms with Gasteiger partial charge in [0, 0.05) is 10.3 Å². The van der Waals surface area contributed by atoms with Crippen LogP contribution in [-0.4, -0.2) is 16.1 Å². The molecule has 4 nitrogen and oxygen atoms in total. The highest BCUT2D eigenvalue weighted by Gasteiger charge is 2.17.